The molecule has 0 saturated carbocycles. The SMILES string of the molecule is CCC.CS(O)(O)c1cccc(OC(F)(F)F)c1. The first-order valence-corrected chi connectivity index (χ1v) is 7.14. The summed E-state index contributed by atoms with van der Waals surface area (Å²) in [5, 5.41) is 0. The Balaban J connectivity index is 0.000000873. The van der Waals surface area contributed by atoms with Gasteiger partial charge in [0.15, 0.2) is 0 Å². The third-order valence-corrected chi connectivity index (χ3v) is 2.63. The molecule has 1 rings (SSSR count). The molecule has 0 radical (unpaired) electrons. The Hall–Kier alpha value is -0.920. The second-order valence-electron chi connectivity index (χ2n) is 3.56. The molecular formula is C11H17F3O3S. The predicted molar refractivity (Wildman–Crippen MR) is 66.1 cm³/mol. The van der Waals surface area contributed by atoms with E-state index in [0.717, 1.165) is 18.4 Å². The number of ether oxygens (including phenoxy) is 1. The Morgan fingerprint density at radius 1 is 1.22 bits per heavy atom. The van der Waals surface area contributed by atoms with Gasteiger partial charge in [-0.05, 0) is 12.1 Å². The van der Waals surface area contributed by atoms with Crippen molar-refractivity contribution in [2.45, 2.75) is 31.5 Å². The van der Waals surface area contributed by atoms with Gasteiger partial charge in [0.2, 0.25) is 0 Å². The van der Waals surface area contributed by atoms with Gasteiger partial charge >= 0.3 is 6.36 Å². The fraction of sp³-hybridized carbons (Fsp3) is 0.455. The highest BCUT2D eigenvalue weighted by Gasteiger charge is 2.31. The molecule has 106 valence electrons. The molecular weight excluding hydrogens is 269 g/mol. The molecule has 0 aliphatic carbocycles. The molecule has 0 fully saturated rings. The topological polar surface area (TPSA) is 49.7 Å². The average Bonchev–Trinajstić information content (AvgIpc) is 2.15. The second-order valence-corrected chi connectivity index (χ2v) is 5.70. The second kappa shape index (κ2) is 6.86. The molecule has 0 bridgehead atoms. The van der Waals surface area contributed by atoms with Gasteiger partial charge in [-0.15, -0.1) is 13.2 Å². The van der Waals surface area contributed by atoms with Crippen LogP contribution in [0, 0.1) is 0 Å². The monoisotopic (exact) mass is 286 g/mol. The minimum Gasteiger partial charge on any atom is -0.406 e. The Morgan fingerprint density at radius 2 is 1.72 bits per heavy atom. The van der Waals surface area contributed by atoms with E-state index in [1.165, 1.54) is 18.6 Å². The lowest BCUT2D eigenvalue weighted by molar-refractivity contribution is -0.274. The zero-order chi connectivity index (χ0) is 14.4. The molecule has 7 heteroatoms. The van der Waals surface area contributed by atoms with Gasteiger partial charge in [-0.1, -0.05) is 26.3 Å². The molecule has 2 N–H and O–H groups in total. The summed E-state index contributed by atoms with van der Waals surface area (Å²) in [5.74, 6) is -0.471. The number of rotatable bonds is 2. The van der Waals surface area contributed by atoms with Crippen LogP contribution < -0.4 is 4.74 Å². The van der Waals surface area contributed by atoms with Crippen molar-refractivity contribution in [2.24, 2.45) is 0 Å². The molecule has 0 amide bonds. The zero-order valence-electron chi connectivity index (χ0n) is 10.4. The van der Waals surface area contributed by atoms with E-state index < -0.39 is 22.7 Å². The quantitative estimate of drug-likeness (QED) is 0.825. The lowest BCUT2D eigenvalue weighted by Gasteiger charge is -2.27. The summed E-state index contributed by atoms with van der Waals surface area (Å²) < 4.78 is 57.5. The van der Waals surface area contributed by atoms with Crippen molar-refractivity contribution in [2.75, 3.05) is 6.26 Å². The maximum Gasteiger partial charge on any atom is 0.573 e. The zero-order valence-corrected chi connectivity index (χ0v) is 11.2. The predicted octanol–water partition coefficient (Wildman–Crippen LogP) is 4.74. The maximum absolute atomic E-state index is 11.8. The summed E-state index contributed by atoms with van der Waals surface area (Å²) in [4.78, 5) is 0.00394. The molecule has 0 spiro atoms. The standard InChI is InChI=1S/C8H9F3O3S.C3H8/c1-15(12,13)7-4-2-3-6(5-7)14-8(9,10)11;1-3-2/h2-5,12-13H,1H3;3H2,1-2H3. The van der Waals surface area contributed by atoms with Gasteiger partial charge in [-0.25, -0.2) is 0 Å². The molecule has 1 aromatic carbocycles. The van der Waals surface area contributed by atoms with Crippen LogP contribution in [-0.2, 0) is 0 Å². The highest BCUT2D eigenvalue weighted by atomic mass is 32.3. The summed E-state index contributed by atoms with van der Waals surface area (Å²) in [6.07, 6.45) is -2.41. The van der Waals surface area contributed by atoms with Crippen LogP contribution in [0.1, 0.15) is 20.3 Å². The van der Waals surface area contributed by atoms with Crippen LogP contribution in [0.3, 0.4) is 0 Å². The fourth-order valence-corrected chi connectivity index (χ4v) is 1.59. The summed E-state index contributed by atoms with van der Waals surface area (Å²) in [5.41, 5.74) is 0. The van der Waals surface area contributed by atoms with E-state index in [0.29, 0.717) is 0 Å². The number of benzene rings is 1. The summed E-state index contributed by atoms with van der Waals surface area (Å²) in [6, 6.07) is 4.61. The number of halogens is 3. The highest BCUT2D eigenvalue weighted by Crippen LogP contribution is 2.45. The smallest absolute Gasteiger partial charge is 0.406 e. The molecule has 0 atom stereocenters. The highest BCUT2D eigenvalue weighted by molar-refractivity contribution is 8.23. The van der Waals surface area contributed by atoms with Crippen molar-refractivity contribution in [3.63, 3.8) is 0 Å². The van der Waals surface area contributed by atoms with Crippen LogP contribution in [0.4, 0.5) is 13.2 Å². The molecule has 18 heavy (non-hydrogen) atoms. The number of hydrogen-bond donors (Lipinski definition) is 2. The van der Waals surface area contributed by atoms with Crippen LogP contribution in [0.2, 0.25) is 0 Å². The van der Waals surface area contributed by atoms with Gasteiger partial charge in [0.25, 0.3) is 0 Å². The van der Waals surface area contributed by atoms with Gasteiger partial charge in [0.05, 0.1) is 4.90 Å². The van der Waals surface area contributed by atoms with E-state index in [1.807, 2.05) is 0 Å². The summed E-state index contributed by atoms with van der Waals surface area (Å²) >= 11 is 0. The molecule has 1 aromatic rings. The Morgan fingerprint density at radius 3 is 2.11 bits per heavy atom. The van der Waals surface area contributed by atoms with Crippen molar-refractivity contribution < 1.29 is 27.0 Å². The number of alkyl halides is 3. The van der Waals surface area contributed by atoms with Crippen LogP contribution in [-0.4, -0.2) is 21.7 Å². The molecule has 0 heterocycles. The van der Waals surface area contributed by atoms with Crippen LogP contribution in [0.25, 0.3) is 0 Å². The summed E-state index contributed by atoms with van der Waals surface area (Å²) in [7, 11) is -3.03. The van der Waals surface area contributed by atoms with Crippen molar-refractivity contribution in [1.82, 2.24) is 0 Å². The van der Waals surface area contributed by atoms with E-state index in [1.54, 1.807) is 0 Å². The van der Waals surface area contributed by atoms with E-state index >= 15 is 0 Å². The van der Waals surface area contributed by atoms with Crippen molar-refractivity contribution >= 4 is 10.6 Å². The Labute approximate surface area is 106 Å². The third kappa shape index (κ3) is 7.41. The summed E-state index contributed by atoms with van der Waals surface area (Å²) in [6.45, 7) is 4.25. The van der Waals surface area contributed by atoms with E-state index in [-0.39, 0.29) is 4.90 Å². The van der Waals surface area contributed by atoms with Crippen molar-refractivity contribution in [1.29, 1.82) is 0 Å². The van der Waals surface area contributed by atoms with Crippen LogP contribution in [0.5, 0.6) is 5.75 Å². The first kappa shape index (κ1) is 17.1. The maximum atomic E-state index is 11.8. The molecule has 3 nitrogen and oxygen atoms in total. The van der Waals surface area contributed by atoms with Crippen molar-refractivity contribution in [3.8, 4) is 5.75 Å². The molecule has 0 aromatic heterocycles. The largest absolute Gasteiger partial charge is 0.573 e. The van der Waals surface area contributed by atoms with Gasteiger partial charge in [0, 0.05) is 12.3 Å². The third-order valence-electron chi connectivity index (χ3n) is 1.49. The molecule has 0 aliphatic rings. The minimum atomic E-state index is -4.78. The van der Waals surface area contributed by atoms with E-state index in [9.17, 15) is 22.3 Å². The fourth-order valence-electron chi connectivity index (χ4n) is 0.912. The average molecular weight is 286 g/mol. The van der Waals surface area contributed by atoms with Gasteiger partial charge < -0.3 is 4.74 Å². The number of hydrogen-bond acceptors (Lipinski definition) is 3. The first-order chi connectivity index (χ1) is 8.10. The van der Waals surface area contributed by atoms with Gasteiger partial charge in [-0.2, -0.15) is 10.6 Å². The minimum absolute atomic E-state index is 0.00394. The molecule has 0 aliphatic heterocycles. The first-order valence-electron chi connectivity index (χ1n) is 5.19. The lowest BCUT2D eigenvalue weighted by atomic mass is 10.3. The van der Waals surface area contributed by atoms with Crippen LogP contribution >= 0.6 is 10.6 Å². The Kier molecular flexibility index (Phi) is 6.51. The van der Waals surface area contributed by atoms with E-state index in [2.05, 4.69) is 18.6 Å². The molecule has 0 saturated heterocycles. The molecule has 0 unspecified atom stereocenters. The Bertz CT molecular complexity index is 361. The normalized spacial score (nSPS) is 12.4. The van der Waals surface area contributed by atoms with Crippen molar-refractivity contribution in [3.05, 3.63) is 24.3 Å². The van der Waals surface area contributed by atoms with Gasteiger partial charge in [0.1, 0.15) is 5.75 Å². The van der Waals surface area contributed by atoms with Crippen LogP contribution in [0.15, 0.2) is 29.2 Å². The van der Waals surface area contributed by atoms with Gasteiger partial charge in [-0.3, -0.25) is 9.11 Å². The lowest BCUT2D eigenvalue weighted by Crippen LogP contribution is -2.17. The van der Waals surface area contributed by atoms with E-state index in [4.69, 9.17) is 0 Å².